The molecule has 41 heavy (non-hydrogen) atoms. The molecule has 0 fully saturated rings. The number of fused-ring (bicyclic) bond motifs is 1. The third-order valence-electron chi connectivity index (χ3n) is 6.33. The van der Waals surface area contributed by atoms with Gasteiger partial charge in [-0.2, -0.15) is 0 Å². The quantitative estimate of drug-likeness (QED) is 0.172. The van der Waals surface area contributed by atoms with Gasteiger partial charge < -0.3 is 16.4 Å². The van der Waals surface area contributed by atoms with Crippen LogP contribution in [0, 0.1) is 0 Å². The van der Waals surface area contributed by atoms with Crippen molar-refractivity contribution in [1.82, 2.24) is 14.5 Å². The van der Waals surface area contributed by atoms with Crippen molar-refractivity contribution in [2.75, 3.05) is 10.6 Å². The summed E-state index contributed by atoms with van der Waals surface area (Å²) in [6.45, 7) is 0. The van der Waals surface area contributed by atoms with Crippen LogP contribution in [0.1, 0.15) is 11.6 Å². The van der Waals surface area contributed by atoms with Crippen LogP contribution < -0.4 is 21.9 Å². The Hall–Kier alpha value is -4.37. The zero-order valence-corrected chi connectivity index (χ0v) is 23.7. The van der Waals surface area contributed by atoms with Crippen LogP contribution in [0.25, 0.3) is 22.2 Å². The molecule has 0 spiro atoms. The van der Waals surface area contributed by atoms with Gasteiger partial charge in [0.05, 0.1) is 23.2 Å². The van der Waals surface area contributed by atoms with Crippen molar-refractivity contribution in [1.29, 1.82) is 0 Å². The molecule has 11 heteroatoms. The van der Waals surface area contributed by atoms with E-state index in [1.165, 1.54) is 23.2 Å². The average Bonchev–Trinajstić information content (AvgIpc) is 2.96. The van der Waals surface area contributed by atoms with Crippen LogP contribution in [-0.4, -0.2) is 20.4 Å². The van der Waals surface area contributed by atoms with Gasteiger partial charge in [0.1, 0.15) is 11.2 Å². The van der Waals surface area contributed by atoms with Gasteiger partial charge in [0.15, 0.2) is 0 Å². The summed E-state index contributed by atoms with van der Waals surface area (Å²) in [4.78, 5) is 36.2. The lowest BCUT2D eigenvalue weighted by molar-refractivity contribution is -0.119. The summed E-state index contributed by atoms with van der Waals surface area (Å²) in [5.41, 5.74) is 8.69. The molecule has 1 unspecified atom stereocenters. The van der Waals surface area contributed by atoms with Crippen molar-refractivity contribution in [2.45, 2.75) is 12.5 Å². The minimum atomic E-state index is -0.912. The summed E-state index contributed by atoms with van der Waals surface area (Å²) >= 11 is 18.2. The fraction of sp³-hybridized carbons (Fsp3) is 0.0667. The first kappa shape index (κ1) is 28.2. The first-order valence-electron chi connectivity index (χ1n) is 12.4. The van der Waals surface area contributed by atoms with Crippen LogP contribution in [0.2, 0.25) is 10.0 Å². The number of hydrogen-bond donors (Lipinski definition) is 3. The third-order valence-corrected chi connectivity index (χ3v) is 6.91. The van der Waals surface area contributed by atoms with Crippen LogP contribution in [-0.2, 0) is 11.2 Å². The molecule has 2 aromatic heterocycles. The number of nitrogens with two attached hydrogens (primary N) is 1. The lowest BCUT2D eigenvalue weighted by Crippen LogP contribution is -2.34. The number of rotatable bonds is 8. The first-order chi connectivity index (χ1) is 19.8. The van der Waals surface area contributed by atoms with Crippen molar-refractivity contribution in [3.05, 3.63) is 129 Å². The predicted molar refractivity (Wildman–Crippen MR) is 165 cm³/mol. The third kappa shape index (κ3) is 6.69. The fourth-order valence-electron chi connectivity index (χ4n) is 4.39. The summed E-state index contributed by atoms with van der Waals surface area (Å²) in [5.74, 6) is -0.397. The van der Waals surface area contributed by atoms with Crippen molar-refractivity contribution in [3.8, 4) is 11.3 Å². The van der Waals surface area contributed by atoms with Gasteiger partial charge in [-0.15, -0.1) is 0 Å². The normalized spacial score (nSPS) is 12.2. The predicted octanol–water partition coefficient (Wildman–Crippen LogP) is 6.60. The van der Waals surface area contributed by atoms with Gasteiger partial charge in [-0.3, -0.25) is 19.1 Å². The molecule has 0 radical (unpaired) electrons. The maximum Gasteiger partial charge on any atom is 0.254 e. The second-order valence-corrected chi connectivity index (χ2v) is 10.4. The number of nitrogens with zero attached hydrogens (tertiary/aromatic N) is 3. The highest BCUT2D eigenvalue weighted by molar-refractivity contribution is 6.31. The van der Waals surface area contributed by atoms with Gasteiger partial charge >= 0.3 is 0 Å². The van der Waals surface area contributed by atoms with E-state index in [-0.39, 0.29) is 11.6 Å². The summed E-state index contributed by atoms with van der Waals surface area (Å²) in [6.07, 6.45) is 4.62. The molecule has 3 aromatic carbocycles. The lowest BCUT2D eigenvalue weighted by atomic mass is 10.0. The molecular weight excluding hydrogens is 583 g/mol. The molecule has 0 aliphatic carbocycles. The van der Waals surface area contributed by atoms with Crippen molar-refractivity contribution in [2.24, 2.45) is 5.73 Å². The van der Waals surface area contributed by atoms with E-state index in [0.29, 0.717) is 43.6 Å². The Morgan fingerprint density at radius 3 is 2.46 bits per heavy atom. The van der Waals surface area contributed by atoms with Gasteiger partial charge in [-0.25, -0.2) is 4.98 Å². The van der Waals surface area contributed by atoms with Crippen molar-refractivity contribution >= 4 is 63.0 Å². The number of carbonyl (C=O) groups is 1. The largest absolute Gasteiger partial charge is 0.388 e. The Morgan fingerprint density at radius 2 is 1.71 bits per heavy atom. The molecule has 206 valence electrons. The minimum absolute atomic E-state index is 0.0493. The maximum atomic E-state index is 13.8. The number of aromatic nitrogens is 3. The SMILES string of the molecule is N/C(Cl)=C\Nc1ccc(Cl)cc1-c1cc(=O)n(C(Cc2ccccc2)C(=O)Nc2ccnc3ccc(Cl)cc23)cn1. The van der Waals surface area contributed by atoms with E-state index < -0.39 is 17.5 Å². The zero-order valence-electron chi connectivity index (χ0n) is 21.4. The Bertz CT molecular complexity index is 1820. The number of carbonyl (C=O) groups excluding carboxylic acids is 1. The Kier molecular flexibility index (Phi) is 8.54. The van der Waals surface area contributed by atoms with Crippen LogP contribution in [0.4, 0.5) is 11.4 Å². The second kappa shape index (κ2) is 12.4. The Labute approximate surface area is 250 Å². The van der Waals surface area contributed by atoms with Crippen LogP contribution >= 0.6 is 34.8 Å². The molecule has 8 nitrogen and oxygen atoms in total. The van der Waals surface area contributed by atoms with E-state index in [1.807, 2.05) is 30.3 Å². The van der Waals surface area contributed by atoms with Gasteiger partial charge in [-0.05, 0) is 48.0 Å². The molecule has 0 saturated heterocycles. The highest BCUT2D eigenvalue weighted by atomic mass is 35.5. The lowest BCUT2D eigenvalue weighted by Gasteiger charge is -2.20. The molecule has 2 heterocycles. The molecule has 1 amide bonds. The fourth-order valence-corrected chi connectivity index (χ4v) is 4.79. The standard InChI is InChI=1S/C30H23Cl3N6O2/c31-19-6-8-23-21(13-19)25(10-11-35-23)38-30(41)27(12-18-4-2-1-3-5-18)39-17-37-26(15-29(39)40)22-14-20(32)7-9-24(22)36-16-28(33)34/h1-11,13-17,27,36H,12,34H2,(H,35,38,41)/b28-16-. The molecule has 0 aliphatic rings. The molecule has 5 aromatic rings. The summed E-state index contributed by atoms with van der Waals surface area (Å²) < 4.78 is 1.32. The smallest absolute Gasteiger partial charge is 0.254 e. The molecular formula is C30H23Cl3N6O2. The molecule has 4 N–H and O–H groups in total. The van der Waals surface area contributed by atoms with E-state index in [2.05, 4.69) is 20.6 Å². The number of anilines is 2. The number of nitrogens with one attached hydrogen (secondary N) is 2. The van der Waals surface area contributed by atoms with E-state index in [9.17, 15) is 9.59 Å². The number of benzene rings is 3. The summed E-state index contributed by atoms with van der Waals surface area (Å²) in [5, 5.41) is 7.64. The zero-order chi connectivity index (χ0) is 28.9. The monoisotopic (exact) mass is 604 g/mol. The molecule has 0 bridgehead atoms. The van der Waals surface area contributed by atoms with E-state index >= 15 is 0 Å². The topological polar surface area (TPSA) is 115 Å². The summed E-state index contributed by atoms with van der Waals surface area (Å²) in [7, 11) is 0. The first-order valence-corrected chi connectivity index (χ1v) is 13.6. The van der Waals surface area contributed by atoms with Gasteiger partial charge in [-0.1, -0.05) is 65.1 Å². The van der Waals surface area contributed by atoms with Gasteiger partial charge in [0.25, 0.3) is 5.56 Å². The second-order valence-electron chi connectivity index (χ2n) is 9.10. The Balaban J connectivity index is 1.53. The van der Waals surface area contributed by atoms with Crippen LogP contribution in [0.5, 0.6) is 0 Å². The van der Waals surface area contributed by atoms with Crippen molar-refractivity contribution in [3.63, 3.8) is 0 Å². The van der Waals surface area contributed by atoms with Crippen molar-refractivity contribution < 1.29 is 4.79 Å². The number of amides is 1. The van der Waals surface area contributed by atoms with E-state index in [0.717, 1.165) is 5.56 Å². The number of halogens is 3. The molecule has 0 aliphatic heterocycles. The number of pyridine rings is 1. The van der Waals surface area contributed by atoms with Gasteiger partial charge in [0.2, 0.25) is 5.91 Å². The molecule has 0 saturated carbocycles. The highest BCUT2D eigenvalue weighted by Gasteiger charge is 2.24. The highest BCUT2D eigenvalue weighted by Crippen LogP contribution is 2.30. The van der Waals surface area contributed by atoms with E-state index in [4.69, 9.17) is 40.5 Å². The molecule has 5 rings (SSSR count). The summed E-state index contributed by atoms with van der Waals surface area (Å²) in [6, 6.07) is 21.9. The van der Waals surface area contributed by atoms with Gasteiger partial charge in [0, 0.05) is 51.6 Å². The molecule has 1 atom stereocenters. The van der Waals surface area contributed by atoms with Crippen LogP contribution in [0.15, 0.2) is 108 Å². The van der Waals surface area contributed by atoms with Crippen LogP contribution in [0.3, 0.4) is 0 Å². The Morgan fingerprint density at radius 1 is 0.951 bits per heavy atom. The minimum Gasteiger partial charge on any atom is -0.388 e. The van der Waals surface area contributed by atoms with E-state index in [1.54, 1.807) is 48.7 Å². The maximum absolute atomic E-state index is 13.8. The average molecular weight is 606 g/mol. The number of hydrogen-bond acceptors (Lipinski definition) is 6.